The van der Waals surface area contributed by atoms with Crippen molar-refractivity contribution < 1.29 is 14.7 Å². The summed E-state index contributed by atoms with van der Waals surface area (Å²) >= 11 is 0. The molecule has 0 spiro atoms. The number of carboxylic acid groups (broad SMARTS) is 1. The van der Waals surface area contributed by atoms with Crippen molar-refractivity contribution in [1.82, 2.24) is 9.88 Å². The van der Waals surface area contributed by atoms with Crippen molar-refractivity contribution in [3.63, 3.8) is 0 Å². The molecule has 1 aromatic carbocycles. The number of H-pyrrole nitrogens is 1. The highest BCUT2D eigenvalue weighted by Crippen LogP contribution is 2.28. The molecule has 5 heteroatoms. The average Bonchev–Trinajstić information content (AvgIpc) is 3.04. The second kappa shape index (κ2) is 6.28. The Kier molecular flexibility index (Phi) is 4.19. The number of benzene rings is 1. The van der Waals surface area contributed by atoms with E-state index in [4.69, 9.17) is 0 Å². The van der Waals surface area contributed by atoms with Gasteiger partial charge in [-0.05, 0) is 17.9 Å². The van der Waals surface area contributed by atoms with Crippen molar-refractivity contribution in [3.05, 3.63) is 48.3 Å². The van der Waals surface area contributed by atoms with Crippen LogP contribution in [-0.4, -0.2) is 40.0 Å². The fourth-order valence-electron chi connectivity index (χ4n) is 3.26. The molecular formula is C18H20N2O3. The third-order valence-corrected chi connectivity index (χ3v) is 4.57. The minimum Gasteiger partial charge on any atom is -0.481 e. The normalized spacial score (nSPS) is 21.2. The first-order valence-electron chi connectivity index (χ1n) is 7.82. The Morgan fingerprint density at radius 1 is 1.22 bits per heavy atom. The molecule has 1 amide bonds. The highest BCUT2D eigenvalue weighted by atomic mass is 16.4. The summed E-state index contributed by atoms with van der Waals surface area (Å²) in [4.78, 5) is 28.8. The summed E-state index contributed by atoms with van der Waals surface area (Å²) in [6.45, 7) is 2.86. The van der Waals surface area contributed by atoms with E-state index in [0.717, 1.165) is 11.1 Å². The maximum Gasteiger partial charge on any atom is 0.306 e. The summed E-state index contributed by atoms with van der Waals surface area (Å²) in [7, 11) is 0. The number of carboxylic acids is 1. The lowest BCUT2D eigenvalue weighted by Crippen LogP contribution is -2.45. The van der Waals surface area contributed by atoms with E-state index >= 15 is 0 Å². The van der Waals surface area contributed by atoms with E-state index in [1.54, 1.807) is 11.1 Å². The number of aromatic nitrogens is 1. The zero-order valence-electron chi connectivity index (χ0n) is 13.0. The van der Waals surface area contributed by atoms with E-state index < -0.39 is 5.97 Å². The number of hydrogen-bond acceptors (Lipinski definition) is 2. The first kappa shape index (κ1) is 15.3. The second-order valence-corrected chi connectivity index (χ2v) is 6.11. The summed E-state index contributed by atoms with van der Waals surface area (Å²) in [5.74, 6) is -1.21. The van der Waals surface area contributed by atoms with Crippen LogP contribution in [0.3, 0.4) is 0 Å². The zero-order chi connectivity index (χ0) is 16.4. The van der Waals surface area contributed by atoms with Gasteiger partial charge in [-0.2, -0.15) is 0 Å². The Labute approximate surface area is 134 Å². The number of piperidine rings is 1. The number of aliphatic carboxylic acids is 1. The van der Waals surface area contributed by atoms with E-state index in [1.807, 2.05) is 43.5 Å². The number of likely N-dealkylation sites (tertiary alicyclic amines) is 1. The van der Waals surface area contributed by atoms with E-state index in [-0.39, 0.29) is 17.7 Å². The van der Waals surface area contributed by atoms with E-state index in [9.17, 15) is 14.7 Å². The predicted molar refractivity (Wildman–Crippen MR) is 87.0 cm³/mol. The van der Waals surface area contributed by atoms with Gasteiger partial charge < -0.3 is 15.0 Å². The van der Waals surface area contributed by atoms with Crippen molar-refractivity contribution in [3.8, 4) is 11.1 Å². The average molecular weight is 312 g/mol. The number of nitrogens with zero attached hydrogens (tertiary/aromatic N) is 1. The molecule has 1 aliphatic heterocycles. The lowest BCUT2D eigenvalue weighted by Gasteiger charge is -2.35. The Morgan fingerprint density at radius 2 is 1.96 bits per heavy atom. The smallest absolute Gasteiger partial charge is 0.306 e. The molecule has 2 aromatic rings. The van der Waals surface area contributed by atoms with Gasteiger partial charge >= 0.3 is 5.97 Å². The molecule has 0 saturated carbocycles. The van der Waals surface area contributed by atoms with Crippen molar-refractivity contribution in [1.29, 1.82) is 0 Å². The minimum absolute atomic E-state index is 0.0377. The zero-order valence-corrected chi connectivity index (χ0v) is 13.0. The van der Waals surface area contributed by atoms with Gasteiger partial charge in [-0.15, -0.1) is 0 Å². The van der Waals surface area contributed by atoms with Crippen LogP contribution in [0.25, 0.3) is 11.1 Å². The highest BCUT2D eigenvalue weighted by Gasteiger charge is 2.33. The van der Waals surface area contributed by atoms with Crippen LogP contribution >= 0.6 is 0 Å². The molecule has 2 heterocycles. The van der Waals surface area contributed by atoms with Crippen LogP contribution in [0, 0.1) is 11.8 Å². The van der Waals surface area contributed by atoms with Crippen molar-refractivity contribution >= 4 is 11.9 Å². The Balaban J connectivity index is 1.80. The van der Waals surface area contributed by atoms with Crippen molar-refractivity contribution in [2.45, 2.75) is 13.3 Å². The topological polar surface area (TPSA) is 73.4 Å². The third-order valence-electron chi connectivity index (χ3n) is 4.57. The van der Waals surface area contributed by atoms with E-state index in [1.165, 1.54) is 0 Å². The molecule has 23 heavy (non-hydrogen) atoms. The fourth-order valence-corrected chi connectivity index (χ4v) is 3.26. The molecule has 3 rings (SSSR count). The van der Waals surface area contributed by atoms with Crippen LogP contribution in [0.2, 0.25) is 0 Å². The van der Waals surface area contributed by atoms with Gasteiger partial charge in [0.05, 0.1) is 11.5 Å². The summed E-state index contributed by atoms with van der Waals surface area (Å²) in [5.41, 5.74) is 2.51. The van der Waals surface area contributed by atoms with Crippen LogP contribution in [0.15, 0.2) is 42.7 Å². The predicted octanol–water partition coefficient (Wildman–Crippen LogP) is 2.86. The summed E-state index contributed by atoms with van der Waals surface area (Å²) in [5, 5.41) is 9.20. The van der Waals surface area contributed by atoms with Crippen molar-refractivity contribution in [2.75, 3.05) is 13.1 Å². The number of aromatic amines is 1. The molecule has 2 unspecified atom stereocenters. The van der Waals surface area contributed by atoms with Crippen LogP contribution in [0.4, 0.5) is 0 Å². The fraction of sp³-hybridized carbons (Fsp3) is 0.333. The first-order valence-corrected chi connectivity index (χ1v) is 7.82. The maximum absolute atomic E-state index is 12.8. The standard InChI is InChI=1S/C18H20N2O3/c1-12-11-20(8-7-14(12)18(22)23)17(21)16-10-19-9-15(16)13-5-3-2-4-6-13/h2-6,9-10,12,14,19H,7-8,11H2,1H3,(H,22,23). The molecular weight excluding hydrogens is 292 g/mol. The number of rotatable bonds is 3. The van der Waals surface area contributed by atoms with Gasteiger partial charge in [0.15, 0.2) is 0 Å². The molecule has 2 N–H and O–H groups in total. The summed E-state index contributed by atoms with van der Waals surface area (Å²) in [6.07, 6.45) is 4.06. The van der Waals surface area contributed by atoms with Crippen LogP contribution in [0.1, 0.15) is 23.7 Å². The highest BCUT2D eigenvalue weighted by molar-refractivity contribution is 6.00. The molecule has 2 atom stereocenters. The van der Waals surface area contributed by atoms with E-state index in [2.05, 4.69) is 4.98 Å². The van der Waals surface area contributed by atoms with E-state index in [0.29, 0.717) is 25.1 Å². The number of nitrogens with one attached hydrogen (secondary N) is 1. The Hall–Kier alpha value is -2.56. The second-order valence-electron chi connectivity index (χ2n) is 6.11. The molecule has 1 fully saturated rings. The van der Waals surface area contributed by atoms with Gasteiger partial charge in [-0.1, -0.05) is 37.3 Å². The SMILES string of the molecule is CC1CN(C(=O)c2c[nH]cc2-c2ccccc2)CCC1C(=O)O. The Morgan fingerprint density at radius 3 is 2.61 bits per heavy atom. The molecule has 1 aromatic heterocycles. The van der Waals surface area contributed by atoms with Gasteiger partial charge in [-0.25, -0.2) is 0 Å². The Bertz CT molecular complexity index is 708. The molecule has 1 aliphatic rings. The molecule has 120 valence electrons. The quantitative estimate of drug-likeness (QED) is 0.915. The number of hydrogen-bond donors (Lipinski definition) is 2. The monoisotopic (exact) mass is 312 g/mol. The first-order chi connectivity index (χ1) is 11.1. The lowest BCUT2D eigenvalue weighted by atomic mass is 9.86. The van der Waals surface area contributed by atoms with Crippen molar-refractivity contribution in [2.24, 2.45) is 11.8 Å². The molecule has 0 aliphatic carbocycles. The lowest BCUT2D eigenvalue weighted by molar-refractivity contribution is -0.145. The van der Waals surface area contributed by atoms with Gasteiger partial charge in [-0.3, -0.25) is 9.59 Å². The van der Waals surface area contributed by atoms with Crippen LogP contribution < -0.4 is 0 Å². The maximum atomic E-state index is 12.8. The number of carbonyl (C=O) groups excluding carboxylic acids is 1. The molecule has 5 nitrogen and oxygen atoms in total. The van der Waals surface area contributed by atoms with Gasteiger partial charge in [0, 0.05) is 31.0 Å². The molecule has 0 radical (unpaired) electrons. The summed E-state index contributed by atoms with van der Waals surface area (Å²) < 4.78 is 0. The minimum atomic E-state index is -0.767. The number of carbonyl (C=O) groups is 2. The van der Waals surface area contributed by atoms with Crippen LogP contribution in [-0.2, 0) is 4.79 Å². The van der Waals surface area contributed by atoms with Gasteiger partial charge in [0.1, 0.15) is 0 Å². The molecule has 1 saturated heterocycles. The van der Waals surface area contributed by atoms with Crippen LogP contribution in [0.5, 0.6) is 0 Å². The van der Waals surface area contributed by atoms with Gasteiger partial charge in [0.25, 0.3) is 5.91 Å². The largest absolute Gasteiger partial charge is 0.481 e. The number of amides is 1. The van der Waals surface area contributed by atoms with Gasteiger partial charge in [0.2, 0.25) is 0 Å². The third kappa shape index (κ3) is 2.99. The summed E-state index contributed by atoms with van der Waals surface area (Å²) in [6, 6.07) is 9.77. The molecule has 0 bridgehead atoms.